The molecule has 1 aromatic rings. The average molecular weight is 242 g/mol. The van der Waals surface area contributed by atoms with E-state index in [1.165, 1.54) is 0 Å². The fourth-order valence-corrected chi connectivity index (χ4v) is 2.15. The van der Waals surface area contributed by atoms with E-state index in [2.05, 4.69) is 19.2 Å². The summed E-state index contributed by atoms with van der Waals surface area (Å²) in [5, 5.41) is 13.4. The third-order valence-corrected chi connectivity index (χ3v) is 3.23. The lowest BCUT2D eigenvalue weighted by molar-refractivity contribution is 0.231. The average Bonchev–Trinajstić information content (AvgIpc) is 2.29. The predicted octanol–water partition coefficient (Wildman–Crippen LogP) is 3.55. The van der Waals surface area contributed by atoms with Gasteiger partial charge in [0.2, 0.25) is 0 Å². The smallest absolute Gasteiger partial charge is 0.0635 e. The minimum Gasteiger partial charge on any atom is -0.394 e. The first-order valence-corrected chi connectivity index (χ1v) is 6.22. The monoisotopic (exact) mass is 241 g/mol. The van der Waals surface area contributed by atoms with E-state index in [0.717, 1.165) is 18.5 Å². The molecule has 90 valence electrons. The van der Waals surface area contributed by atoms with Gasteiger partial charge in [-0.1, -0.05) is 44.4 Å². The van der Waals surface area contributed by atoms with Crippen LogP contribution in [0, 0.1) is 5.92 Å². The minimum absolute atomic E-state index is 0.105. The maximum Gasteiger partial charge on any atom is 0.0635 e. The van der Waals surface area contributed by atoms with E-state index in [0.29, 0.717) is 10.9 Å². The molecule has 0 spiro atoms. The molecule has 1 atom stereocenters. The molecule has 2 nitrogen and oxygen atoms in total. The lowest BCUT2D eigenvalue weighted by Gasteiger charge is -2.25. The molecular formula is C13H20ClNO. The standard InChI is InChI=1S/C13H20ClNO/c1-3-10(4-2)13(9-16)15-12-7-5-6-11(14)8-12/h5-8,10,13,15-16H,3-4,9H2,1-2H3. The molecule has 2 N–H and O–H groups in total. The van der Waals surface area contributed by atoms with Gasteiger partial charge in [-0.3, -0.25) is 0 Å². The van der Waals surface area contributed by atoms with Crippen molar-refractivity contribution in [2.24, 2.45) is 5.92 Å². The van der Waals surface area contributed by atoms with Gasteiger partial charge in [0.05, 0.1) is 12.6 Å². The molecule has 0 saturated carbocycles. The summed E-state index contributed by atoms with van der Waals surface area (Å²) in [6.07, 6.45) is 2.13. The van der Waals surface area contributed by atoms with Crippen LogP contribution in [-0.2, 0) is 0 Å². The van der Waals surface area contributed by atoms with Crippen LogP contribution in [0.4, 0.5) is 5.69 Å². The summed E-state index contributed by atoms with van der Waals surface area (Å²) < 4.78 is 0. The second kappa shape index (κ2) is 6.77. The van der Waals surface area contributed by atoms with Crippen molar-refractivity contribution in [3.05, 3.63) is 29.3 Å². The third kappa shape index (κ3) is 3.69. The fourth-order valence-electron chi connectivity index (χ4n) is 1.96. The fraction of sp³-hybridized carbons (Fsp3) is 0.538. The molecule has 0 fully saturated rings. The second-order valence-electron chi connectivity index (χ2n) is 4.02. The highest BCUT2D eigenvalue weighted by atomic mass is 35.5. The number of aliphatic hydroxyl groups excluding tert-OH is 1. The van der Waals surface area contributed by atoms with Crippen LogP contribution < -0.4 is 5.32 Å². The predicted molar refractivity (Wildman–Crippen MR) is 70.0 cm³/mol. The first kappa shape index (κ1) is 13.3. The number of nitrogens with one attached hydrogen (secondary N) is 1. The Hall–Kier alpha value is -0.730. The van der Waals surface area contributed by atoms with Gasteiger partial charge in [0.15, 0.2) is 0 Å². The number of anilines is 1. The molecular weight excluding hydrogens is 222 g/mol. The molecule has 1 rings (SSSR count). The van der Waals surface area contributed by atoms with Crippen molar-refractivity contribution in [3.8, 4) is 0 Å². The van der Waals surface area contributed by atoms with Crippen molar-refractivity contribution >= 4 is 17.3 Å². The normalized spacial score (nSPS) is 12.8. The summed E-state index contributed by atoms with van der Waals surface area (Å²) in [4.78, 5) is 0. The van der Waals surface area contributed by atoms with E-state index in [9.17, 15) is 5.11 Å². The lowest BCUT2D eigenvalue weighted by atomic mass is 9.94. The molecule has 16 heavy (non-hydrogen) atoms. The van der Waals surface area contributed by atoms with Gasteiger partial charge in [0.1, 0.15) is 0 Å². The Morgan fingerprint density at radius 1 is 1.31 bits per heavy atom. The third-order valence-electron chi connectivity index (χ3n) is 2.99. The molecule has 0 radical (unpaired) electrons. The Morgan fingerprint density at radius 3 is 2.50 bits per heavy atom. The van der Waals surface area contributed by atoms with Crippen LogP contribution in [0.3, 0.4) is 0 Å². The highest BCUT2D eigenvalue weighted by Gasteiger charge is 2.17. The zero-order valence-corrected chi connectivity index (χ0v) is 10.7. The molecule has 0 saturated heterocycles. The van der Waals surface area contributed by atoms with Gasteiger partial charge in [0, 0.05) is 10.7 Å². The van der Waals surface area contributed by atoms with Crippen molar-refractivity contribution in [1.82, 2.24) is 0 Å². The van der Waals surface area contributed by atoms with Crippen LogP contribution in [0.5, 0.6) is 0 Å². The molecule has 0 bridgehead atoms. The Labute approximate surface area is 103 Å². The Kier molecular flexibility index (Phi) is 5.64. The number of aliphatic hydroxyl groups is 1. The van der Waals surface area contributed by atoms with Gasteiger partial charge >= 0.3 is 0 Å². The molecule has 1 aromatic carbocycles. The van der Waals surface area contributed by atoms with Crippen LogP contribution in [0.1, 0.15) is 26.7 Å². The van der Waals surface area contributed by atoms with Gasteiger partial charge in [-0.2, -0.15) is 0 Å². The van der Waals surface area contributed by atoms with Gasteiger partial charge in [-0.05, 0) is 24.1 Å². The quantitative estimate of drug-likeness (QED) is 0.799. The Morgan fingerprint density at radius 2 is 2.00 bits per heavy atom. The molecule has 1 unspecified atom stereocenters. The Bertz CT molecular complexity index is 313. The van der Waals surface area contributed by atoms with Crippen LogP contribution >= 0.6 is 11.6 Å². The molecule has 0 aromatic heterocycles. The molecule has 0 aliphatic rings. The van der Waals surface area contributed by atoms with Crippen LogP contribution in [0.25, 0.3) is 0 Å². The zero-order valence-electron chi connectivity index (χ0n) is 9.91. The summed E-state index contributed by atoms with van der Waals surface area (Å²) in [6, 6.07) is 7.71. The second-order valence-corrected chi connectivity index (χ2v) is 4.46. The van der Waals surface area contributed by atoms with Gasteiger partial charge < -0.3 is 10.4 Å². The van der Waals surface area contributed by atoms with Crippen LogP contribution in [0.2, 0.25) is 5.02 Å². The molecule has 3 heteroatoms. The first-order chi connectivity index (χ1) is 7.71. The topological polar surface area (TPSA) is 32.3 Å². The van der Waals surface area contributed by atoms with Crippen molar-refractivity contribution in [3.63, 3.8) is 0 Å². The molecule has 0 heterocycles. The van der Waals surface area contributed by atoms with Gasteiger partial charge in [0.25, 0.3) is 0 Å². The van der Waals surface area contributed by atoms with Gasteiger partial charge in [-0.15, -0.1) is 0 Å². The Balaban J connectivity index is 2.69. The van der Waals surface area contributed by atoms with Crippen LogP contribution in [0.15, 0.2) is 24.3 Å². The largest absolute Gasteiger partial charge is 0.394 e. The zero-order chi connectivity index (χ0) is 12.0. The molecule has 0 aliphatic heterocycles. The van der Waals surface area contributed by atoms with E-state index in [4.69, 9.17) is 11.6 Å². The summed E-state index contributed by atoms with van der Waals surface area (Å²) in [6.45, 7) is 4.45. The minimum atomic E-state index is 0.105. The van der Waals surface area contributed by atoms with E-state index in [1.807, 2.05) is 24.3 Å². The molecule has 0 amide bonds. The summed E-state index contributed by atoms with van der Waals surface area (Å²) in [5.74, 6) is 0.490. The first-order valence-electron chi connectivity index (χ1n) is 5.84. The highest BCUT2D eigenvalue weighted by molar-refractivity contribution is 6.30. The van der Waals surface area contributed by atoms with Crippen molar-refractivity contribution in [2.75, 3.05) is 11.9 Å². The maximum atomic E-state index is 9.39. The van der Waals surface area contributed by atoms with Crippen LogP contribution in [-0.4, -0.2) is 17.8 Å². The van der Waals surface area contributed by atoms with E-state index < -0.39 is 0 Å². The summed E-state index contributed by atoms with van der Waals surface area (Å²) >= 11 is 5.92. The number of halogens is 1. The SMILES string of the molecule is CCC(CC)C(CO)Nc1cccc(Cl)c1. The van der Waals surface area contributed by atoms with Crippen molar-refractivity contribution < 1.29 is 5.11 Å². The number of hydrogen-bond acceptors (Lipinski definition) is 2. The highest BCUT2D eigenvalue weighted by Crippen LogP contribution is 2.20. The summed E-state index contributed by atoms with van der Waals surface area (Å²) in [5.41, 5.74) is 0.971. The van der Waals surface area contributed by atoms with Crippen molar-refractivity contribution in [2.45, 2.75) is 32.7 Å². The molecule has 0 aliphatic carbocycles. The number of rotatable bonds is 6. The maximum absolute atomic E-state index is 9.39. The van der Waals surface area contributed by atoms with Crippen molar-refractivity contribution in [1.29, 1.82) is 0 Å². The lowest BCUT2D eigenvalue weighted by Crippen LogP contribution is -2.32. The van der Waals surface area contributed by atoms with Gasteiger partial charge in [-0.25, -0.2) is 0 Å². The summed E-state index contributed by atoms with van der Waals surface area (Å²) in [7, 11) is 0. The number of benzene rings is 1. The number of hydrogen-bond donors (Lipinski definition) is 2. The van der Waals surface area contributed by atoms with E-state index >= 15 is 0 Å². The van der Waals surface area contributed by atoms with E-state index in [-0.39, 0.29) is 12.6 Å². The van der Waals surface area contributed by atoms with E-state index in [1.54, 1.807) is 0 Å².